The molecule has 13 heteroatoms. The van der Waals surface area contributed by atoms with Crippen LogP contribution in [0.3, 0.4) is 0 Å². The molecular weight excluding hydrogens is 538 g/mol. The number of thiophene rings is 1. The number of anilines is 1. The number of hydrogen-bond donors (Lipinski definition) is 1. The van der Waals surface area contributed by atoms with Crippen LogP contribution >= 0.6 is 34.7 Å². The van der Waals surface area contributed by atoms with Gasteiger partial charge in [0.2, 0.25) is 5.91 Å². The van der Waals surface area contributed by atoms with Crippen LogP contribution in [0.4, 0.5) is 5.00 Å². The van der Waals surface area contributed by atoms with Crippen LogP contribution in [0.1, 0.15) is 51.4 Å². The predicted molar refractivity (Wildman–Crippen MR) is 144 cm³/mol. The van der Waals surface area contributed by atoms with Gasteiger partial charge in [-0.05, 0) is 38.5 Å². The Balaban J connectivity index is 1.74. The van der Waals surface area contributed by atoms with E-state index in [0.717, 1.165) is 11.3 Å². The van der Waals surface area contributed by atoms with E-state index in [4.69, 9.17) is 21.1 Å². The summed E-state index contributed by atoms with van der Waals surface area (Å²) in [5.74, 6) is -0.119. The highest BCUT2D eigenvalue weighted by atomic mass is 35.5. The molecule has 198 valence electrons. The summed E-state index contributed by atoms with van der Waals surface area (Å²) in [5, 5.41) is 12.5. The van der Waals surface area contributed by atoms with E-state index in [1.54, 1.807) is 33.2 Å². The Hall–Kier alpha value is -3.09. The van der Waals surface area contributed by atoms with Crippen LogP contribution < -0.4 is 10.1 Å². The van der Waals surface area contributed by atoms with Crippen molar-refractivity contribution in [1.29, 1.82) is 0 Å². The van der Waals surface area contributed by atoms with Crippen molar-refractivity contribution >= 4 is 57.5 Å². The maximum Gasteiger partial charge on any atom is 0.341 e. The molecular formula is C24H28ClN5O5S2. The number of halogens is 1. The highest BCUT2D eigenvalue weighted by Gasteiger charge is 2.27. The van der Waals surface area contributed by atoms with Crippen LogP contribution in [0.5, 0.6) is 5.75 Å². The van der Waals surface area contributed by atoms with Gasteiger partial charge in [0.25, 0.3) is 5.91 Å². The van der Waals surface area contributed by atoms with Crippen LogP contribution in [0.15, 0.2) is 29.4 Å². The average Bonchev–Trinajstić information content (AvgIpc) is 3.43. The first-order valence-electron chi connectivity index (χ1n) is 11.3. The van der Waals surface area contributed by atoms with Crippen LogP contribution in [-0.2, 0) is 16.1 Å². The lowest BCUT2D eigenvalue weighted by Crippen LogP contribution is -2.21. The number of aromatic nitrogens is 3. The molecule has 37 heavy (non-hydrogen) atoms. The smallest absolute Gasteiger partial charge is 0.341 e. The average molecular weight is 566 g/mol. The zero-order valence-electron chi connectivity index (χ0n) is 21.3. The Labute approximate surface area is 228 Å². The van der Waals surface area contributed by atoms with Gasteiger partial charge in [-0.25, -0.2) is 4.79 Å². The number of thioether (sulfide) groups is 1. The predicted octanol–water partition coefficient (Wildman–Crippen LogP) is 4.68. The first kappa shape index (κ1) is 28.5. The Kier molecular flexibility index (Phi) is 9.57. The number of hydrogen-bond acceptors (Lipinski definition) is 9. The normalized spacial score (nSPS) is 11.6. The zero-order chi connectivity index (χ0) is 27.3. The fourth-order valence-electron chi connectivity index (χ4n) is 3.44. The molecule has 2 aromatic heterocycles. The summed E-state index contributed by atoms with van der Waals surface area (Å²) in [5.41, 5.74) is 0.627. The molecule has 10 nitrogen and oxygen atoms in total. The molecule has 0 saturated heterocycles. The number of rotatable bonds is 10. The molecule has 1 unspecified atom stereocenters. The fraction of sp³-hybridized carbons (Fsp3) is 0.375. The highest BCUT2D eigenvalue weighted by Crippen LogP contribution is 2.35. The lowest BCUT2D eigenvalue weighted by molar-refractivity contribution is -0.113. The summed E-state index contributed by atoms with van der Waals surface area (Å²) in [6, 6.07) is 7.17. The minimum atomic E-state index is -0.627. The van der Waals surface area contributed by atoms with Gasteiger partial charge in [-0.3, -0.25) is 9.59 Å². The van der Waals surface area contributed by atoms with E-state index >= 15 is 0 Å². The first-order chi connectivity index (χ1) is 17.6. The zero-order valence-corrected chi connectivity index (χ0v) is 23.7. The first-order valence-corrected chi connectivity index (χ1v) is 13.5. The van der Waals surface area contributed by atoms with Gasteiger partial charge in [-0.2, -0.15) is 0 Å². The topological polar surface area (TPSA) is 116 Å². The highest BCUT2D eigenvalue weighted by molar-refractivity contribution is 7.99. The number of ether oxygens (including phenoxy) is 2. The van der Waals surface area contributed by atoms with Crippen molar-refractivity contribution in [2.24, 2.45) is 0 Å². The molecule has 1 N–H and O–H groups in total. The van der Waals surface area contributed by atoms with Crippen LogP contribution in [-0.4, -0.2) is 64.4 Å². The molecule has 0 saturated carbocycles. The van der Waals surface area contributed by atoms with Gasteiger partial charge in [-0.1, -0.05) is 35.5 Å². The molecule has 2 amide bonds. The number of amides is 2. The molecule has 0 fully saturated rings. The molecule has 0 aliphatic carbocycles. The number of methoxy groups -OCH3 is 1. The van der Waals surface area contributed by atoms with E-state index in [1.165, 1.54) is 23.8 Å². The van der Waals surface area contributed by atoms with Crippen LogP contribution in [0, 0.1) is 6.92 Å². The van der Waals surface area contributed by atoms with Gasteiger partial charge in [0, 0.05) is 20.6 Å². The molecule has 2 heterocycles. The minimum absolute atomic E-state index is 0.00635. The summed E-state index contributed by atoms with van der Waals surface area (Å²) in [4.78, 5) is 39.5. The second kappa shape index (κ2) is 12.4. The van der Waals surface area contributed by atoms with Gasteiger partial charge in [0.1, 0.15) is 10.8 Å². The molecule has 0 spiro atoms. The minimum Gasteiger partial charge on any atom is -0.481 e. The summed E-state index contributed by atoms with van der Waals surface area (Å²) in [6.07, 6.45) is -0.431. The van der Waals surface area contributed by atoms with Gasteiger partial charge in [0.15, 0.2) is 17.1 Å². The quantitative estimate of drug-likeness (QED) is 0.278. The molecule has 3 aromatic rings. The van der Waals surface area contributed by atoms with Gasteiger partial charge in [0.05, 0.1) is 28.3 Å². The lowest BCUT2D eigenvalue weighted by atomic mass is 10.1. The number of carbonyl (C=O) groups is 3. The maximum absolute atomic E-state index is 12.8. The largest absolute Gasteiger partial charge is 0.481 e. The number of carbonyl (C=O) groups excluding carboxylic acids is 3. The van der Waals surface area contributed by atoms with Gasteiger partial charge < -0.3 is 24.3 Å². The lowest BCUT2D eigenvalue weighted by Gasteiger charge is -2.16. The summed E-state index contributed by atoms with van der Waals surface area (Å²) in [6.45, 7) is 6.01. The van der Waals surface area contributed by atoms with E-state index in [1.807, 2.05) is 30.5 Å². The van der Waals surface area contributed by atoms with Crippen molar-refractivity contribution in [3.63, 3.8) is 0 Å². The Morgan fingerprint density at radius 1 is 1.24 bits per heavy atom. The van der Waals surface area contributed by atoms with E-state index in [-0.39, 0.29) is 28.1 Å². The second-order valence-electron chi connectivity index (χ2n) is 8.06. The molecule has 3 rings (SSSR count). The number of para-hydroxylation sites is 1. The van der Waals surface area contributed by atoms with Crippen molar-refractivity contribution in [2.75, 3.05) is 32.3 Å². The standard InChI is InChI=1S/C24H28ClN5O5S2/c1-7-30-20(14(3)35-16-11-9-8-10-15(16)25)27-28-24(30)36-12-17(31)26-21-18(23(33)34-6)13(2)19(37-21)22(32)29(4)5/h8-11,14H,7,12H2,1-6H3,(H,26,31). The monoisotopic (exact) mass is 565 g/mol. The van der Waals surface area contributed by atoms with E-state index in [0.29, 0.717) is 38.7 Å². The van der Waals surface area contributed by atoms with Crippen molar-refractivity contribution < 1.29 is 23.9 Å². The maximum atomic E-state index is 12.8. The van der Waals surface area contributed by atoms with Crippen molar-refractivity contribution in [3.05, 3.63) is 51.1 Å². The summed E-state index contributed by atoms with van der Waals surface area (Å²) in [7, 11) is 4.49. The number of benzene rings is 1. The Morgan fingerprint density at radius 3 is 2.57 bits per heavy atom. The van der Waals surface area contributed by atoms with Gasteiger partial charge >= 0.3 is 5.97 Å². The van der Waals surface area contributed by atoms with Crippen molar-refractivity contribution in [3.8, 4) is 5.75 Å². The third-order valence-corrected chi connectivity index (χ3v) is 7.76. The summed E-state index contributed by atoms with van der Waals surface area (Å²) < 4.78 is 12.7. The number of nitrogens with zero attached hydrogens (tertiary/aromatic N) is 4. The SMILES string of the molecule is CCn1c(SCC(=O)Nc2sc(C(=O)N(C)C)c(C)c2C(=O)OC)nnc1C(C)Oc1ccccc1Cl. The molecule has 1 atom stereocenters. The number of esters is 1. The number of nitrogens with one attached hydrogen (secondary N) is 1. The van der Waals surface area contributed by atoms with Crippen molar-refractivity contribution in [1.82, 2.24) is 19.7 Å². The van der Waals surface area contributed by atoms with Crippen LogP contribution in [0.2, 0.25) is 5.02 Å². The Morgan fingerprint density at radius 2 is 1.95 bits per heavy atom. The third kappa shape index (κ3) is 6.43. The summed E-state index contributed by atoms with van der Waals surface area (Å²) >= 11 is 8.44. The third-order valence-electron chi connectivity index (χ3n) is 5.29. The Bertz CT molecular complexity index is 1310. The molecule has 0 bridgehead atoms. The van der Waals surface area contributed by atoms with Gasteiger partial charge in [-0.15, -0.1) is 21.5 Å². The second-order valence-corrected chi connectivity index (χ2v) is 10.4. The van der Waals surface area contributed by atoms with E-state index in [9.17, 15) is 14.4 Å². The molecule has 0 radical (unpaired) electrons. The molecule has 0 aliphatic heterocycles. The molecule has 1 aromatic carbocycles. The molecule has 0 aliphatic rings. The van der Waals surface area contributed by atoms with Crippen LogP contribution in [0.25, 0.3) is 0 Å². The van der Waals surface area contributed by atoms with E-state index in [2.05, 4.69) is 15.5 Å². The van der Waals surface area contributed by atoms with Crippen molar-refractivity contribution in [2.45, 2.75) is 38.6 Å². The van der Waals surface area contributed by atoms with E-state index < -0.39 is 12.1 Å². The fourth-order valence-corrected chi connectivity index (χ4v) is 5.66.